The Morgan fingerprint density at radius 1 is 1.50 bits per heavy atom. The summed E-state index contributed by atoms with van der Waals surface area (Å²) in [5, 5.41) is 19.5. The van der Waals surface area contributed by atoms with Crippen LogP contribution in [-0.4, -0.2) is 10.7 Å². The number of terminal acetylenes is 1. The van der Waals surface area contributed by atoms with Crippen molar-refractivity contribution >= 4 is 0 Å². The second-order valence-corrected chi connectivity index (χ2v) is 4.12. The molecule has 0 spiro atoms. The van der Waals surface area contributed by atoms with Crippen molar-refractivity contribution in [1.82, 2.24) is 0 Å². The molecule has 1 atom stereocenters. The zero-order valence-corrected chi connectivity index (χ0v) is 8.88. The molecular weight excluding hydrogens is 174 g/mol. The molecule has 0 saturated heterocycles. The fourth-order valence-electron chi connectivity index (χ4n) is 2.23. The number of nitrogens with zero attached hydrogens (tertiary/aromatic N) is 1. The Kier molecular flexibility index (Phi) is 2.88. The van der Waals surface area contributed by atoms with Crippen LogP contribution in [0, 0.1) is 35.0 Å². The quantitative estimate of drug-likeness (QED) is 0.691. The Morgan fingerprint density at radius 2 is 2.00 bits per heavy atom. The van der Waals surface area contributed by atoms with Crippen LogP contribution in [0.3, 0.4) is 0 Å². The Hall–Kier alpha value is -0.990. The predicted octanol–water partition coefficient (Wildman–Crippen LogP) is 2.09. The lowest BCUT2D eigenvalue weighted by Crippen LogP contribution is -2.44. The van der Waals surface area contributed by atoms with Crippen molar-refractivity contribution in [2.24, 2.45) is 11.3 Å². The van der Waals surface area contributed by atoms with E-state index in [2.05, 4.69) is 12.0 Å². The fourth-order valence-corrected chi connectivity index (χ4v) is 2.23. The first-order chi connectivity index (χ1) is 6.60. The van der Waals surface area contributed by atoms with Gasteiger partial charge in [0.25, 0.3) is 0 Å². The van der Waals surface area contributed by atoms with E-state index >= 15 is 0 Å². The zero-order valence-electron chi connectivity index (χ0n) is 8.88. The first kappa shape index (κ1) is 11.1. The lowest BCUT2D eigenvalue weighted by atomic mass is 9.73. The molecule has 0 bridgehead atoms. The highest BCUT2D eigenvalue weighted by Crippen LogP contribution is 2.57. The summed E-state index contributed by atoms with van der Waals surface area (Å²) in [5.41, 5.74) is -1.87. The normalized spacial score (nSPS) is 22.1. The van der Waals surface area contributed by atoms with Crippen molar-refractivity contribution in [1.29, 1.82) is 5.26 Å². The van der Waals surface area contributed by atoms with E-state index in [4.69, 9.17) is 11.7 Å². The van der Waals surface area contributed by atoms with E-state index in [1.807, 2.05) is 13.8 Å². The molecule has 1 aliphatic rings. The average molecular weight is 191 g/mol. The predicted molar refractivity (Wildman–Crippen MR) is 55.1 cm³/mol. The fraction of sp³-hybridized carbons (Fsp3) is 0.750. The monoisotopic (exact) mass is 191 g/mol. The van der Waals surface area contributed by atoms with Crippen LogP contribution in [0.1, 0.15) is 39.5 Å². The molecule has 0 amide bonds. The van der Waals surface area contributed by atoms with Crippen LogP contribution in [-0.2, 0) is 0 Å². The van der Waals surface area contributed by atoms with Gasteiger partial charge in [-0.1, -0.05) is 19.8 Å². The van der Waals surface area contributed by atoms with Crippen LogP contribution < -0.4 is 0 Å². The van der Waals surface area contributed by atoms with E-state index in [1.165, 1.54) is 0 Å². The summed E-state index contributed by atoms with van der Waals surface area (Å²) in [4.78, 5) is 0. The summed E-state index contributed by atoms with van der Waals surface area (Å²) in [6.07, 6.45) is 8.52. The van der Waals surface area contributed by atoms with Gasteiger partial charge in [-0.05, 0) is 25.7 Å². The Morgan fingerprint density at radius 3 is 2.21 bits per heavy atom. The third-order valence-corrected chi connectivity index (χ3v) is 3.49. The first-order valence-corrected chi connectivity index (χ1v) is 5.21. The molecule has 76 valence electrons. The van der Waals surface area contributed by atoms with Gasteiger partial charge in [0.1, 0.15) is 5.60 Å². The highest BCUT2D eigenvalue weighted by atomic mass is 16.3. The van der Waals surface area contributed by atoms with E-state index in [9.17, 15) is 5.11 Å². The topological polar surface area (TPSA) is 44.0 Å². The molecule has 14 heavy (non-hydrogen) atoms. The molecule has 1 fully saturated rings. The molecule has 0 heterocycles. The van der Waals surface area contributed by atoms with Crippen molar-refractivity contribution in [3.05, 3.63) is 0 Å². The summed E-state index contributed by atoms with van der Waals surface area (Å²) in [6, 6.07) is 2.20. The molecule has 1 aliphatic carbocycles. The highest BCUT2D eigenvalue weighted by molar-refractivity contribution is 5.31. The van der Waals surface area contributed by atoms with Crippen LogP contribution in [0.25, 0.3) is 0 Å². The molecule has 1 N–H and O–H groups in total. The highest BCUT2D eigenvalue weighted by Gasteiger charge is 2.61. The molecule has 0 radical (unpaired) electrons. The van der Waals surface area contributed by atoms with Crippen LogP contribution in [0.4, 0.5) is 0 Å². The van der Waals surface area contributed by atoms with E-state index < -0.39 is 11.0 Å². The number of rotatable bonds is 4. The third kappa shape index (κ3) is 1.31. The Balaban J connectivity index is 2.99. The third-order valence-electron chi connectivity index (χ3n) is 3.49. The molecule has 0 aromatic carbocycles. The number of hydrogen-bond acceptors (Lipinski definition) is 2. The first-order valence-electron chi connectivity index (χ1n) is 5.21. The summed E-state index contributed by atoms with van der Waals surface area (Å²) in [5.74, 6) is 2.50. The maximum absolute atomic E-state index is 10.4. The SMILES string of the molecule is C#C[C@@](O)(C(CC)CC)C1(C#N)CC1. The standard InChI is InChI=1S/C12H17NO/c1-4-10(5-2)12(14,6-3)11(9-13)7-8-11/h3,10,14H,4-5,7-8H2,1-2H3/t12-/m1/s1. The summed E-state index contributed by atoms with van der Waals surface area (Å²) < 4.78 is 0. The number of hydrogen-bond donors (Lipinski definition) is 1. The van der Waals surface area contributed by atoms with Gasteiger partial charge >= 0.3 is 0 Å². The average Bonchev–Trinajstić information content (AvgIpc) is 3.00. The molecule has 2 heteroatoms. The van der Waals surface area contributed by atoms with Crippen LogP contribution in [0.5, 0.6) is 0 Å². The minimum absolute atomic E-state index is 0.0367. The van der Waals surface area contributed by atoms with E-state index in [0.29, 0.717) is 0 Å². The van der Waals surface area contributed by atoms with Crippen molar-refractivity contribution in [3.8, 4) is 18.4 Å². The van der Waals surface area contributed by atoms with Crippen molar-refractivity contribution < 1.29 is 5.11 Å². The Labute approximate surface area is 85.9 Å². The summed E-state index contributed by atoms with van der Waals surface area (Å²) in [7, 11) is 0. The second-order valence-electron chi connectivity index (χ2n) is 4.12. The molecule has 1 saturated carbocycles. The number of nitriles is 1. The van der Waals surface area contributed by atoms with Crippen LogP contribution in [0.15, 0.2) is 0 Å². The minimum Gasteiger partial charge on any atom is -0.376 e. The molecule has 0 aromatic rings. The van der Waals surface area contributed by atoms with E-state index in [0.717, 1.165) is 25.7 Å². The van der Waals surface area contributed by atoms with Gasteiger partial charge in [0.15, 0.2) is 0 Å². The van der Waals surface area contributed by atoms with Gasteiger partial charge in [0.05, 0.1) is 11.5 Å². The smallest absolute Gasteiger partial charge is 0.146 e. The van der Waals surface area contributed by atoms with Gasteiger partial charge in [-0.2, -0.15) is 5.26 Å². The maximum Gasteiger partial charge on any atom is 0.146 e. The van der Waals surface area contributed by atoms with Crippen molar-refractivity contribution in [3.63, 3.8) is 0 Å². The molecule has 0 aliphatic heterocycles. The van der Waals surface area contributed by atoms with Gasteiger partial charge in [0, 0.05) is 5.92 Å². The van der Waals surface area contributed by atoms with Crippen LogP contribution >= 0.6 is 0 Å². The lowest BCUT2D eigenvalue weighted by Gasteiger charge is -2.34. The van der Waals surface area contributed by atoms with E-state index in [-0.39, 0.29) is 5.92 Å². The van der Waals surface area contributed by atoms with E-state index in [1.54, 1.807) is 0 Å². The minimum atomic E-state index is -1.22. The molecule has 0 aromatic heterocycles. The van der Waals surface area contributed by atoms with Gasteiger partial charge in [-0.15, -0.1) is 6.42 Å². The molecule has 1 rings (SSSR count). The summed E-state index contributed by atoms with van der Waals surface area (Å²) >= 11 is 0. The van der Waals surface area contributed by atoms with Gasteiger partial charge < -0.3 is 5.11 Å². The number of aliphatic hydroxyl groups is 1. The van der Waals surface area contributed by atoms with Gasteiger partial charge in [0.2, 0.25) is 0 Å². The molecular formula is C12H17NO. The molecule has 0 unspecified atom stereocenters. The maximum atomic E-state index is 10.4. The van der Waals surface area contributed by atoms with Crippen molar-refractivity contribution in [2.75, 3.05) is 0 Å². The van der Waals surface area contributed by atoms with Gasteiger partial charge in [-0.3, -0.25) is 0 Å². The summed E-state index contributed by atoms with van der Waals surface area (Å²) in [6.45, 7) is 4.01. The van der Waals surface area contributed by atoms with Gasteiger partial charge in [-0.25, -0.2) is 0 Å². The second kappa shape index (κ2) is 3.64. The largest absolute Gasteiger partial charge is 0.376 e. The molecule has 2 nitrogen and oxygen atoms in total. The lowest BCUT2D eigenvalue weighted by molar-refractivity contribution is -0.0121. The zero-order chi connectivity index (χ0) is 10.8. The van der Waals surface area contributed by atoms with Crippen LogP contribution in [0.2, 0.25) is 0 Å². The Bertz CT molecular complexity index is 288. The van der Waals surface area contributed by atoms with Crippen molar-refractivity contribution in [2.45, 2.75) is 45.1 Å².